The standard InChI is InChI=1S/C14H18O2/c1-9-8-13(10(2)15)14(9)11-4-6-12(16-3)7-5-11/h4-7,9,13-14H,8H2,1-3H3/t9-,13-,14-/m0/s1. The fourth-order valence-corrected chi connectivity index (χ4v) is 2.70. The van der Waals surface area contributed by atoms with Crippen molar-refractivity contribution in [3.8, 4) is 5.75 Å². The average Bonchev–Trinajstić information content (AvgIpc) is 2.26. The maximum absolute atomic E-state index is 11.5. The first-order chi connectivity index (χ1) is 7.63. The van der Waals surface area contributed by atoms with Gasteiger partial charge in [0, 0.05) is 5.92 Å². The van der Waals surface area contributed by atoms with E-state index < -0.39 is 0 Å². The molecule has 0 amide bonds. The van der Waals surface area contributed by atoms with Crippen LogP contribution in [0.1, 0.15) is 31.7 Å². The van der Waals surface area contributed by atoms with Crippen LogP contribution in [-0.4, -0.2) is 12.9 Å². The molecule has 2 heteroatoms. The third-order valence-corrected chi connectivity index (χ3v) is 3.70. The molecule has 0 radical (unpaired) electrons. The van der Waals surface area contributed by atoms with Gasteiger partial charge < -0.3 is 4.74 Å². The van der Waals surface area contributed by atoms with Gasteiger partial charge in [-0.25, -0.2) is 0 Å². The van der Waals surface area contributed by atoms with Crippen molar-refractivity contribution in [2.24, 2.45) is 11.8 Å². The monoisotopic (exact) mass is 218 g/mol. The van der Waals surface area contributed by atoms with Gasteiger partial charge in [-0.3, -0.25) is 4.79 Å². The van der Waals surface area contributed by atoms with Crippen molar-refractivity contribution >= 4 is 5.78 Å². The van der Waals surface area contributed by atoms with Crippen molar-refractivity contribution in [3.05, 3.63) is 29.8 Å². The zero-order valence-electron chi connectivity index (χ0n) is 10.1. The fourth-order valence-electron chi connectivity index (χ4n) is 2.70. The van der Waals surface area contributed by atoms with Crippen LogP contribution in [0.4, 0.5) is 0 Å². The van der Waals surface area contributed by atoms with Gasteiger partial charge in [-0.1, -0.05) is 19.1 Å². The van der Waals surface area contributed by atoms with E-state index >= 15 is 0 Å². The van der Waals surface area contributed by atoms with E-state index in [1.54, 1.807) is 14.0 Å². The van der Waals surface area contributed by atoms with E-state index in [0.717, 1.165) is 12.2 Å². The first-order valence-electron chi connectivity index (χ1n) is 5.78. The van der Waals surface area contributed by atoms with Crippen LogP contribution in [0.15, 0.2) is 24.3 Å². The van der Waals surface area contributed by atoms with E-state index in [-0.39, 0.29) is 5.92 Å². The Labute approximate surface area is 96.6 Å². The number of ether oxygens (including phenoxy) is 1. The van der Waals surface area contributed by atoms with Crippen LogP contribution in [0, 0.1) is 11.8 Å². The topological polar surface area (TPSA) is 26.3 Å². The second-order valence-electron chi connectivity index (χ2n) is 4.73. The molecule has 0 N–H and O–H groups in total. The van der Waals surface area contributed by atoms with Crippen LogP contribution in [0.2, 0.25) is 0 Å². The SMILES string of the molecule is COc1ccc([C@@H]2[C@@H](C)C[C@H]2C(C)=O)cc1. The largest absolute Gasteiger partial charge is 0.497 e. The summed E-state index contributed by atoms with van der Waals surface area (Å²) in [4.78, 5) is 11.5. The number of Topliss-reactive ketones (excluding diaryl/α,β-unsaturated/α-hetero) is 1. The minimum Gasteiger partial charge on any atom is -0.497 e. The summed E-state index contributed by atoms with van der Waals surface area (Å²) in [5.74, 6) is 2.43. The van der Waals surface area contributed by atoms with Crippen LogP contribution in [-0.2, 0) is 4.79 Å². The van der Waals surface area contributed by atoms with Gasteiger partial charge in [-0.2, -0.15) is 0 Å². The average molecular weight is 218 g/mol. The molecule has 1 fully saturated rings. The number of benzene rings is 1. The number of carbonyl (C=O) groups is 1. The summed E-state index contributed by atoms with van der Waals surface area (Å²) in [6.45, 7) is 3.92. The lowest BCUT2D eigenvalue weighted by Crippen LogP contribution is -2.37. The van der Waals surface area contributed by atoms with Gasteiger partial charge in [0.05, 0.1) is 7.11 Å². The fraction of sp³-hybridized carbons (Fsp3) is 0.500. The molecular weight excluding hydrogens is 200 g/mol. The molecule has 2 nitrogen and oxygen atoms in total. The molecule has 86 valence electrons. The molecular formula is C14H18O2. The Bertz CT molecular complexity index is 380. The summed E-state index contributed by atoms with van der Waals surface area (Å²) < 4.78 is 5.13. The molecule has 0 aliphatic heterocycles. The number of hydrogen-bond acceptors (Lipinski definition) is 2. The molecule has 2 rings (SSSR count). The Morgan fingerprint density at radius 1 is 1.31 bits per heavy atom. The van der Waals surface area contributed by atoms with Crippen LogP contribution in [0.5, 0.6) is 5.75 Å². The predicted molar refractivity (Wildman–Crippen MR) is 63.7 cm³/mol. The van der Waals surface area contributed by atoms with Crippen molar-refractivity contribution in [3.63, 3.8) is 0 Å². The molecule has 1 aromatic rings. The Kier molecular flexibility index (Phi) is 2.99. The number of rotatable bonds is 3. The summed E-state index contributed by atoms with van der Waals surface area (Å²) >= 11 is 0. The first kappa shape index (κ1) is 11.2. The number of carbonyl (C=O) groups excluding carboxylic acids is 1. The molecule has 3 atom stereocenters. The van der Waals surface area contributed by atoms with Gasteiger partial charge in [-0.05, 0) is 42.9 Å². The normalized spacial score (nSPS) is 28.3. The van der Waals surface area contributed by atoms with E-state index in [1.807, 2.05) is 12.1 Å². The van der Waals surface area contributed by atoms with E-state index in [4.69, 9.17) is 4.74 Å². The highest BCUT2D eigenvalue weighted by Crippen LogP contribution is 2.47. The van der Waals surface area contributed by atoms with E-state index in [0.29, 0.717) is 17.6 Å². The third-order valence-electron chi connectivity index (χ3n) is 3.70. The second-order valence-corrected chi connectivity index (χ2v) is 4.73. The lowest BCUT2D eigenvalue weighted by molar-refractivity contribution is -0.125. The lowest BCUT2D eigenvalue weighted by atomic mass is 9.61. The second kappa shape index (κ2) is 4.28. The summed E-state index contributed by atoms with van der Waals surface area (Å²) in [7, 11) is 1.67. The predicted octanol–water partition coefficient (Wildman–Crippen LogP) is 3.02. The number of hydrogen-bond donors (Lipinski definition) is 0. The molecule has 1 saturated carbocycles. The Morgan fingerprint density at radius 3 is 2.38 bits per heavy atom. The number of ketones is 1. The van der Waals surface area contributed by atoms with E-state index in [9.17, 15) is 4.79 Å². The van der Waals surface area contributed by atoms with Gasteiger partial charge in [0.2, 0.25) is 0 Å². The molecule has 16 heavy (non-hydrogen) atoms. The van der Waals surface area contributed by atoms with Crippen LogP contribution in [0.3, 0.4) is 0 Å². The maximum Gasteiger partial charge on any atom is 0.133 e. The molecule has 0 saturated heterocycles. The summed E-state index contributed by atoms with van der Waals surface area (Å²) in [6, 6.07) is 8.10. The van der Waals surface area contributed by atoms with Gasteiger partial charge in [0.25, 0.3) is 0 Å². The van der Waals surface area contributed by atoms with Crippen molar-refractivity contribution in [1.82, 2.24) is 0 Å². The quantitative estimate of drug-likeness (QED) is 0.779. The zero-order chi connectivity index (χ0) is 11.7. The van der Waals surface area contributed by atoms with Gasteiger partial charge >= 0.3 is 0 Å². The van der Waals surface area contributed by atoms with Crippen molar-refractivity contribution < 1.29 is 9.53 Å². The molecule has 0 spiro atoms. The molecule has 0 unspecified atom stereocenters. The van der Waals surface area contributed by atoms with Crippen molar-refractivity contribution in [2.45, 2.75) is 26.2 Å². The Balaban J connectivity index is 2.19. The summed E-state index contributed by atoms with van der Waals surface area (Å²) in [5.41, 5.74) is 1.26. The highest BCUT2D eigenvalue weighted by molar-refractivity contribution is 5.80. The zero-order valence-corrected chi connectivity index (χ0v) is 10.1. The molecule has 1 aromatic carbocycles. The lowest BCUT2D eigenvalue weighted by Gasteiger charge is -2.42. The molecule has 0 aromatic heterocycles. The molecule has 0 heterocycles. The minimum atomic E-state index is 0.225. The third kappa shape index (κ3) is 1.84. The Hall–Kier alpha value is -1.31. The minimum absolute atomic E-state index is 0.225. The smallest absolute Gasteiger partial charge is 0.133 e. The molecule has 1 aliphatic rings. The van der Waals surface area contributed by atoms with Crippen LogP contribution in [0.25, 0.3) is 0 Å². The van der Waals surface area contributed by atoms with Crippen LogP contribution >= 0.6 is 0 Å². The highest BCUT2D eigenvalue weighted by Gasteiger charge is 2.41. The van der Waals surface area contributed by atoms with Crippen molar-refractivity contribution in [2.75, 3.05) is 7.11 Å². The molecule has 1 aliphatic carbocycles. The first-order valence-corrected chi connectivity index (χ1v) is 5.78. The summed E-state index contributed by atoms with van der Waals surface area (Å²) in [5, 5.41) is 0. The van der Waals surface area contributed by atoms with Gasteiger partial charge in [0.1, 0.15) is 11.5 Å². The van der Waals surface area contributed by atoms with E-state index in [1.165, 1.54) is 5.56 Å². The van der Waals surface area contributed by atoms with Gasteiger partial charge in [-0.15, -0.1) is 0 Å². The van der Waals surface area contributed by atoms with E-state index in [2.05, 4.69) is 19.1 Å². The Morgan fingerprint density at radius 2 is 1.94 bits per heavy atom. The number of methoxy groups -OCH3 is 1. The van der Waals surface area contributed by atoms with Gasteiger partial charge in [0.15, 0.2) is 0 Å². The van der Waals surface area contributed by atoms with Crippen molar-refractivity contribution in [1.29, 1.82) is 0 Å². The highest BCUT2D eigenvalue weighted by atomic mass is 16.5. The maximum atomic E-state index is 11.5. The summed E-state index contributed by atoms with van der Waals surface area (Å²) in [6.07, 6.45) is 1.03. The molecule has 0 bridgehead atoms. The van der Waals surface area contributed by atoms with Crippen LogP contribution < -0.4 is 4.74 Å².